The first kappa shape index (κ1) is 14.5. The summed E-state index contributed by atoms with van der Waals surface area (Å²) in [7, 11) is -2.92. The molecule has 3 N–H and O–H groups in total. The van der Waals surface area contributed by atoms with Crippen molar-refractivity contribution in [3.05, 3.63) is 30.3 Å². The predicted molar refractivity (Wildman–Crippen MR) is 72.6 cm³/mol. The monoisotopic (exact) mass is 274 g/mol. The van der Waals surface area contributed by atoms with Crippen molar-refractivity contribution in [2.24, 2.45) is 5.84 Å². The van der Waals surface area contributed by atoms with Gasteiger partial charge in [-0.3, -0.25) is 11.3 Å². The maximum atomic E-state index is 11.1. The zero-order chi connectivity index (χ0) is 12.7. The lowest BCUT2D eigenvalue weighted by atomic mass is 10.3. The fourth-order valence-corrected chi connectivity index (χ4v) is 3.00. The first-order valence-corrected chi connectivity index (χ1v) is 8.37. The van der Waals surface area contributed by atoms with E-state index in [9.17, 15) is 8.42 Å². The third-order valence-electron chi connectivity index (χ3n) is 2.27. The molecule has 0 fully saturated rings. The molecule has 6 heteroatoms. The lowest BCUT2D eigenvalue weighted by molar-refractivity contribution is 0.550. The average molecular weight is 274 g/mol. The van der Waals surface area contributed by atoms with Gasteiger partial charge in [-0.25, -0.2) is 8.42 Å². The van der Waals surface area contributed by atoms with Crippen LogP contribution in [0.2, 0.25) is 0 Å². The lowest BCUT2D eigenvalue weighted by Crippen LogP contribution is -2.38. The van der Waals surface area contributed by atoms with Gasteiger partial charge in [0.1, 0.15) is 9.84 Å². The minimum Gasteiger partial charge on any atom is -0.271 e. The first-order chi connectivity index (χ1) is 8.01. The van der Waals surface area contributed by atoms with Crippen LogP contribution in [0, 0.1) is 0 Å². The van der Waals surface area contributed by atoms with Crippen molar-refractivity contribution in [2.45, 2.75) is 17.4 Å². The molecule has 0 aromatic heterocycles. The number of sulfone groups is 1. The Labute approximate surface area is 107 Å². The summed E-state index contributed by atoms with van der Waals surface area (Å²) in [6.45, 7) is 0. The topological polar surface area (TPSA) is 72.2 Å². The first-order valence-electron chi connectivity index (χ1n) is 5.33. The quantitative estimate of drug-likeness (QED) is 0.442. The van der Waals surface area contributed by atoms with Gasteiger partial charge in [0.15, 0.2) is 0 Å². The van der Waals surface area contributed by atoms with E-state index in [2.05, 4.69) is 5.43 Å². The van der Waals surface area contributed by atoms with E-state index in [1.54, 1.807) is 11.8 Å². The molecule has 1 atom stereocenters. The molecule has 4 nitrogen and oxygen atoms in total. The van der Waals surface area contributed by atoms with Gasteiger partial charge in [0.2, 0.25) is 0 Å². The molecule has 0 heterocycles. The second-order valence-corrected chi connectivity index (χ2v) is 7.26. The van der Waals surface area contributed by atoms with Crippen LogP contribution in [0.25, 0.3) is 0 Å². The minimum absolute atomic E-state index is 0.00920. The third kappa shape index (κ3) is 6.68. The van der Waals surface area contributed by atoms with Gasteiger partial charge >= 0.3 is 0 Å². The van der Waals surface area contributed by atoms with Crippen LogP contribution in [0.15, 0.2) is 35.2 Å². The Bertz CT molecular complexity index is 420. The van der Waals surface area contributed by atoms with Crippen molar-refractivity contribution in [1.29, 1.82) is 0 Å². The van der Waals surface area contributed by atoms with Crippen molar-refractivity contribution < 1.29 is 8.42 Å². The number of nitrogens with two attached hydrogens (primary N) is 1. The number of rotatable bonds is 7. The molecule has 0 bridgehead atoms. The van der Waals surface area contributed by atoms with Gasteiger partial charge in [0.25, 0.3) is 0 Å². The third-order valence-corrected chi connectivity index (χ3v) is 4.42. The molecule has 1 aromatic carbocycles. The number of hydrazine groups is 1. The van der Waals surface area contributed by atoms with Crippen LogP contribution in [-0.4, -0.2) is 32.2 Å². The van der Waals surface area contributed by atoms with Crippen molar-refractivity contribution in [3.8, 4) is 0 Å². The predicted octanol–water partition coefficient (Wildman–Crippen LogP) is 1.05. The van der Waals surface area contributed by atoms with Crippen LogP contribution in [0.5, 0.6) is 0 Å². The maximum Gasteiger partial charge on any atom is 0.147 e. The standard InChI is InChI=1S/C11H18N2O2S2/c1-17(14,15)8-7-10(13-12)9-16-11-5-3-2-4-6-11/h2-6,10,13H,7-9,12H2,1H3. The van der Waals surface area contributed by atoms with Crippen molar-refractivity contribution in [3.63, 3.8) is 0 Å². The summed E-state index contributed by atoms with van der Waals surface area (Å²) in [6.07, 6.45) is 1.78. The Morgan fingerprint density at radius 2 is 2.00 bits per heavy atom. The molecular weight excluding hydrogens is 256 g/mol. The van der Waals surface area contributed by atoms with Gasteiger partial charge in [-0.05, 0) is 18.6 Å². The molecular formula is C11H18N2O2S2. The van der Waals surface area contributed by atoms with Gasteiger partial charge < -0.3 is 0 Å². The molecule has 1 unspecified atom stereocenters. The van der Waals surface area contributed by atoms with Crippen molar-refractivity contribution in [1.82, 2.24) is 5.43 Å². The highest BCUT2D eigenvalue weighted by atomic mass is 32.2. The summed E-state index contributed by atoms with van der Waals surface area (Å²) in [5.74, 6) is 6.33. The van der Waals surface area contributed by atoms with Crippen molar-refractivity contribution >= 4 is 21.6 Å². The van der Waals surface area contributed by atoms with Crippen LogP contribution < -0.4 is 11.3 Å². The molecule has 0 aliphatic rings. The van der Waals surface area contributed by atoms with E-state index in [1.807, 2.05) is 30.3 Å². The van der Waals surface area contributed by atoms with E-state index in [4.69, 9.17) is 5.84 Å². The maximum absolute atomic E-state index is 11.1. The Morgan fingerprint density at radius 3 is 2.53 bits per heavy atom. The molecule has 17 heavy (non-hydrogen) atoms. The number of hydrogen-bond donors (Lipinski definition) is 2. The fraction of sp³-hybridized carbons (Fsp3) is 0.455. The number of thioether (sulfide) groups is 1. The molecule has 0 amide bonds. The fourth-order valence-electron chi connectivity index (χ4n) is 1.28. The van der Waals surface area contributed by atoms with E-state index >= 15 is 0 Å². The van der Waals surface area contributed by atoms with Crippen LogP contribution >= 0.6 is 11.8 Å². The van der Waals surface area contributed by atoms with E-state index < -0.39 is 9.84 Å². The Hall–Kier alpha value is -0.560. The summed E-state index contributed by atoms with van der Waals surface area (Å²) in [5.41, 5.74) is 2.66. The number of hydrogen-bond acceptors (Lipinski definition) is 5. The summed E-state index contributed by atoms with van der Waals surface area (Å²) < 4.78 is 22.1. The van der Waals surface area contributed by atoms with E-state index in [1.165, 1.54) is 6.26 Å². The SMILES string of the molecule is CS(=O)(=O)CCC(CSc1ccccc1)NN. The zero-order valence-electron chi connectivity index (χ0n) is 9.80. The molecule has 0 saturated carbocycles. The summed E-state index contributed by atoms with van der Waals surface area (Å²) in [6, 6.07) is 9.97. The highest BCUT2D eigenvalue weighted by Gasteiger charge is 2.11. The van der Waals surface area contributed by atoms with Gasteiger partial charge in [0.05, 0.1) is 5.75 Å². The molecule has 0 aliphatic carbocycles. The molecule has 1 aromatic rings. The largest absolute Gasteiger partial charge is 0.271 e. The highest BCUT2D eigenvalue weighted by molar-refractivity contribution is 7.99. The van der Waals surface area contributed by atoms with Gasteiger partial charge in [0, 0.05) is 22.9 Å². The Balaban J connectivity index is 2.38. The highest BCUT2D eigenvalue weighted by Crippen LogP contribution is 2.18. The Kier molecular flexibility index (Phi) is 5.97. The zero-order valence-corrected chi connectivity index (χ0v) is 11.4. The molecule has 0 spiro atoms. The average Bonchev–Trinajstić information content (AvgIpc) is 2.29. The van der Waals surface area contributed by atoms with Crippen LogP contribution in [0.3, 0.4) is 0 Å². The molecule has 1 rings (SSSR count). The van der Waals surface area contributed by atoms with E-state index in [0.29, 0.717) is 6.42 Å². The molecule has 96 valence electrons. The van der Waals surface area contributed by atoms with Crippen LogP contribution in [-0.2, 0) is 9.84 Å². The van der Waals surface area contributed by atoms with Crippen LogP contribution in [0.4, 0.5) is 0 Å². The molecule has 0 radical (unpaired) electrons. The number of nitrogens with one attached hydrogen (secondary N) is 1. The lowest BCUT2D eigenvalue weighted by Gasteiger charge is -2.14. The Morgan fingerprint density at radius 1 is 1.35 bits per heavy atom. The summed E-state index contributed by atoms with van der Waals surface area (Å²) >= 11 is 1.67. The second-order valence-electron chi connectivity index (χ2n) is 3.91. The van der Waals surface area contributed by atoms with E-state index in [0.717, 1.165) is 10.6 Å². The van der Waals surface area contributed by atoms with Gasteiger partial charge in [-0.1, -0.05) is 18.2 Å². The molecule has 0 saturated heterocycles. The van der Waals surface area contributed by atoms with Gasteiger partial charge in [-0.2, -0.15) is 0 Å². The smallest absolute Gasteiger partial charge is 0.147 e. The normalized spacial score (nSPS) is 13.5. The number of benzene rings is 1. The van der Waals surface area contributed by atoms with Crippen LogP contribution in [0.1, 0.15) is 6.42 Å². The summed E-state index contributed by atoms with van der Waals surface area (Å²) in [5, 5.41) is 0. The second kappa shape index (κ2) is 7.00. The van der Waals surface area contributed by atoms with Gasteiger partial charge in [-0.15, -0.1) is 11.8 Å². The van der Waals surface area contributed by atoms with Crippen molar-refractivity contribution in [2.75, 3.05) is 17.8 Å². The molecule has 0 aliphatic heterocycles. The van der Waals surface area contributed by atoms with E-state index in [-0.39, 0.29) is 11.8 Å². The summed E-state index contributed by atoms with van der Waals surface area (Å²) in [4.78, 5) is 1.16. The minimum atomic E-state index is -2.92.